The third-order valence-electron chi connectivity index (χ3n) is 2.93. The first-order valence-corrected chi connectivity index (χ1v) is 7.18. The molecule has 0 unspecified atom stereocenters. The molecule has 1 N–H and O–H groups in total. The molecule has 0 aliphatic carbocycles. The SMILES string of the molecule is CCCc1nc(NCC)cc(Oc2ccc(F)c(C)c2)n1. The summed E-state index contributed by atoms with van der Waals surface area (Å²) in [5.74, 6) is 2.27. The zero-order chi connectivity index (χ0) is 15.2. The van der Waals surface area contributed by atoms with Crippen molar-refractivity contribution in [3.63, 3.8) is 0 Å². The number of anilines is 1. The Kier molecular flexibility index (Phi) is 5.09. The Morgan fingerprint density at radius 2 is 2.00 bits per heavy atom. The number of hydrogen-bond donors (Lipinski definition) is 1. The lowest BCUT2D eigenvalue weighted by Crippen LogP contribution is -2.04. The van der Waals surface area contributed by atoms with Gasteiger partial charge in [0.05, 0.1) is 0 Å². The average molecular weight is 289 g/mol. The minimum absolute atomic E-state index is 0.245. The van der Waals surface area contributed by atoms with Crippen LogP contribution in [0, 0.1) is 12.7 Å². The van der Waals surface area contributed by atoms with Crippen LogP contribution in [0.2, 0.25) is 0 Å². The number of nitrogens with zero attached hydrogens (tertiary/aromatic N) is 2. The Hall–Kier alpha value is -2.17. The quantitative estimate of drug-likeness (QED) is 0.869. The van der Waals surface area contributed by atoms with Crippen molar-refractivity contribution in [3.8, 4) is 11.6 Å². The normalized spacial score (nSPS) is 10.5. The maximum absolute atomic E-state index is 13.3. The molecular weight excluding hydrogens is 269 g/mol. The van der Waals surface area contributed by atoms with Crippen LogP contribution in [0.25, 0.3) is 0 Å². The second kappa shape index (κ2) is 7.02. The molecule has 0 aliphatic rings. The molecule has 21 heavy (non-hydrogen) atoms. The highest BCUT2D eigenvalue weighted by Gasteiger charge is 2.07. The molecule has 1 aromatic carbocycles. The lowest BCUT2D eigenvalue weighted by molar-refractivity contribution is 0.456. The summed E-state index contributed by atoms with van der Waals surface area (Å²) in [7, 11) is 0. The van der Waals surface area contributed by atoms with Crippen molar-refractivity contribution < 1.29 is 9.13 Å². The van der Waals surface area contributed by atoms with Gasteiger partial charge in [0.2, 0.25) is 5.88 Å². The van der Waals surface area contributed by atoms with Crippen molar-refractivity contribution in [1.82, 2.24) is 9.97 Å². The topological polar surface area (TPSA) is 47.0 Å². The largest absolute Gasteiger partial charge is 0.439 e. The van der Waals surface area contributed by atoms with Crippen LogP contribution in [0.15, 0.2) is 24.3 Å². The standard InChI is InChI=1S/C16H20FN3O/c1-4-6-14-19-15(18-5-2)10-16(20-14)21-12-7-8-13(17)11(3)9-12/h7-10H,4-6H2,1-3H3,(H,18,19,20). The minimum Gasteiger partial charge on any atom is -0.439 e. The van der Waals surface area contributed by atoms with Crippen molar-refractivity contribution in [2.24, 2.45) is 0 Å². The molecule has 0 saturated heterocycles. The fraction of sp³-hybridized carbons (Fsp3) is 0.375. The monoisotopic (exact) mass is 289 g/mol. The van der Waals surface area contributed by atoms with Crippen molar-refractivity contribution in [3.05, 3.63) is 41.5 Å². The molecule has 2 aromatic rings. The Morgan fingerprint density at radius 3 is 2.67 bits per heavy atom. The van der Waals surface area contributed by atoms with Gasteiger partial charge in [-0.2, -0.15) is 4.98 Å². The molecule has 0 saturated carbocycles. The molecule has 0 radical (unpaired) electrons. The van der Waals surface area contributed by atoms with Crippen molar-refractivity contribution >= 4 is 5.82 Å². The summed E-state index contributed by atoms with van der Waals surface area (Å²) in [6.45, 7) is 6.56. The molecule has 0 aliphatic heterocycles. The first-order valence-electron chi connectivity index (χ1n) is 7.18. The number of rotatable bonds is 6. The fourth-order valence-electron chi connectivity index (χ4n) is 1.93. The molecule has 112 valence electrons. The van der Waals surface area contributed by atoms with Crippen LogP contribution in [-0.4, -0.2) is 16.5 Å². The first kappa shape index (κ1) is 15.2. The van der Waals surface area contributed by atoms with Crippen LogP contribution in [0.4, 0.5) is 10.2 Å². The van der Waals surface area contributed by atoms with Gasteiger partial charge in [-0.25, -0.2) is 9.37 Å². The van der Waals surface area contributed by atoms with E-state index in [4.69, 9.17) is 4.74 Å². The maximum Gasteiger partial charge on any atom is 0.224 e. The van der Waals surface area contributed by atoms with Crippen LogP contribution >= 0.6 is 0 Å². The van der Waals surface area contributed by atoms with Gasteiger partial charge in [-0.05, 0) is 44.0 Å². The zero-order valence-electron chi connectivity index (χ0n) is 12.6. The smallest absolute Gasteiger partial charge is 0.224 e. The molecule has 0 bridgehead atoms. The number of aryl methyl sites for hydroxylation is 2. The average Bonchev–Trinajstić information content (AvgIpc) is 2.43. The molecule has 0 spiro atoms. The summed E-state index contributed by atoms with van der Waals surface area (Å²) in [5.41, 5.74) is 0.544. The van der Waals surface area contributed by atoms with Gasteiger partial charge in [0, 0.05) is 19.0 Å². The number of hydrogen-bond acceptors (Lipinski definition) is 4. The maximum atomic E-state index is 13.3. The van der Waals surface area contributed by atoms with Gasteiger partial charge < -0.3 is 10.1 Å². The van der Waals surface area contributed by atoms with E-state index in [0.29, 0.717) is 17.2 Å². The van der Waals surface area contributed by atoms with E-state index >= 15 is 0 Å². The molecule has 0 amide bonds. The Bertz CT molecular complexity index is 592. The number of nitrogens with one attached hydrogen (secondary N) is 1. The molecular formula is C16H20FN3O. The van der Waals surface area contributed by atoms with Crippen molar-refractivity contribution in [1.29, 1.82) is 0 Å². The van der Waals surface area contributed by atoms with Gasteiger partial charge >= 0.3 is 0 Å². The van der Waals surface area contributed by atoms with Crippen LogP contribution in [0.1, 0.15) is 31.7 Å². The minimum atomic E-state index is -0.245. The van der Waals surface area contributed by atoms with E-state index < -0.39 is 0 Å². The van der Waals surface area contributed by atoms with Crippen molar-refractivity contribution in [2.75, 3.05) is 11.9 Å². The third-order valence-corrected chi connectivity index (χ3v) is 2.93. The number of halogens is 1. The highest BCUT2D eigenvalue weighted by molar-refractivity contribution is 5.40. The molecule has 1 aromatic heterocycles. The lowest BCUT2D eigenvalue weighted by Gasteiger charge is -2.10. The molecule has 4 nitrogen and oxygen atoms in total. The van der Waals surface area contributed by atoms with Crippen LogP contribution in [-0.2, 0) is 6.42 Å². The lowest BCUT2D eigenvalue weighted by atomic mass is 10.2. The van der Waals surface area contributed by atoms with E-state index in [0.717, 1.165) is 31.0 Å². The summed E-state index contributed by atoms with van der Waals surface area (Å²) in [5, 5.41) is 3.16. The van der Waals surface area contributed by atoms with Gasteiger partial charge in [-0.15, -0.1) is 0 Å². The van der Waals surface area contributed by atoms with Gasteiger partial charge in [0.15, 0.2) is 0 Å². The van der Waals surface area contributed by atoms with Gasteiger partial charge in [-0.3, -0.25) is 0 Å². The van der Waals surface area contributed by atoms with Crippen LogP contribution in [0.3, 0.4) is 0 Å². The molecule has 5 heteroatoms. The predicted molar refractivity (Wildman–Crippen MR) is 81.4 cm³/mol. The zero-order valence-corrected chi connectivity index (χ0v) is 12.6. The summed E-state index contributed by atoms with van der Waals surface area (Å²) >= 11 is 0. The molecule has 0 atom stereocenters. The van der Waals surface area contributed by atoms with E-state index in [2.05, 4.69) is 22.2 Å². The van der Waals surface area contributed by atoms with E-state index in [1.54, 1.807) is 25.1 Å². The number of aromatic nitrogens is 2. The highest BCUT2D eigenvalue weighted by Crippen LogP contribution is 2.24. The van der Waals surface area contributed by atoms with E-state index in [1.165, 1.54) is 6.07 Å². The number of benzene rings is 1. The van der Waals surface area contributed by atoms with Gasteiger partial charge in [-0.1, -0.05) is 6.92 Å². The molecule has 0 fully saturated rings. The highest BCUT2D eigenvalue weighted by atomic mass is 19.1. The Balaban J connectivity index is 2.26. The summed E-state index contributed by atoms with van der Waals surface area (Å²) in [6, 6.07) is 6.39. The first-order chi connectivity index (χ1) is 10.1. The fourth-order valence-corrected chi connectivity index (χ4v) is 1.93. The third kappa shape index (κ3) is 4.15. The summed E-state index contributed by atoms with van der Waals surface area (Å²) < 4.78 is 19.0. The summed E-state index contributed by atoms with van der Waals surface area (Å²) in [4.78, 5) is 8.81. The van der Waals surface area contributed by atoms with E-state index in [-0.39, 0.29) is 5.82 Å². The van der Waals surface area contributed by atoms with Gasteiger partial charge in [0.1, 0.15) is 23.2 Å². The second-order valence-corrected chi connectivity index (χ2v) is 4.80. The van der Waals surface area contributed by atoms with Crippen LogP contribution < -0.4 is 10.1 Å². The number of ether oxygens (including phenoxy) is 1. The Labute approximate surface area is 124 Å². The Morgan fingerprint density at radius 1 is 1.19 bits per heavy atom. The van der Waals surface area contributed by atoms with Crippen molar-refractivity contribution in [2.45, 2.75) is 33.6 Å². The molecule has 2 rings (SSSR count). The second-order valence-electron chi connectivity index (χ2n) is 4.80. The predicted octanol–water partition coefficient (Wildman–Crippen LogP) is 4.10. The van der Waals surface area contributed by atoms with Crippen LogP contribution in [0.5, 0.6) is 11.6 Å². The van der Waals surface area contributed by atoms with E-state index in [9.17, 15) is 4.39 Å². The van der Waals surface area contributed by atoms with Gasteiger partial charge in [0.25, 0.3) is 0 Å². The summed E-state index contributed by atoms with van der Waals surface area (Å²) in [6.07, 6.45) is 1.75. The van der Waals surface area contributed by atoms with E-state index in [1.807, 2.05) is 6.92 Å². The molecule has 1 heterocycles.